The third kappa shape index (κ3) is 2.97. The monoisotopic (exact) mass is 238 g/mol. The molecule has 3 nitrogen and oxygen atoms in total. The Bertz CT molecular complexity index is 256. The van der Waals surface area contributed by atoms with Crippen LogP contribution in [0.25, 0.3) is 0 Å². The standard InChI is InChI=1S/C7H8Cl2N2OS/c1-2-3-13-7-10-5(8)4(12)6(9)11-7/h7H,2-3H2,1H3. The highest BCUT2D eigenvalue weighted by molar-refractivity contribution is 7.99. The molecule has 0 amide bonds. The molecule has 0 aliphatic carbocycles. The summed E-state index contributed by atoms with van der Waals surface area (Å²) in [5, 5.41) is -0.151. The summed E-state index contributed by atoms with van der Waals surface area (Å²) >= 11 is 12.6. The van der Waals surface area contributed by atoms with Crippen molar-refractivity contribution in [1.82, 2.24) is 0 Å². The second kappa shape index (κ2) is 4.98. The van der Waals surface area contributed by atoms with Crippen molar-refractivity contribution in [3.05, 3.63) is 0 Å². The van der Waals surface area contributed by atoms with Crippen LogP contribution in [0.3, 0.4) is 0 Å². The molecule has 1 aliphatic heterocycles. The van der Waals surface area contributed by atoms with Gasteiger partial charge in [0.1, 0.15) is 0 Å². The number of aliphatic imine (C=N–C) groups is 2. The molecule has 0 aromatic rings. The van der Waals surface area contributed by atoms with Crippen molar-refractivity contribution in [1.29, 1.82) is 0 Å². The minimum Gasteiger partial charge on any atom is -0.283 e. The number of Topliss-reactive ketones (excluding diaryl/α,β-unsaturated/α-hetero) is 1. The van der Waals surface area contributed by atoms with Crippen LogP contribution in [0.1, 0.15) is 13.3 Å². The zero-order valence-electron chi connectivity index (χ0n) is 6.96. The van der Waals surface area contributed by atoms with E-state index in [1.54, 1.807) is 0 Å². The molecule has 1 rings (SSSR count). The zero-order chi connectivity index (χ0) is 9.84. The van der Waals surface area contributed by atoms with Gasteiger partial charge in [0.2, 0.25) is 0 Å². The van der Waals surface area contributed by atoms with Crippen molar-refractivity contribution in [2.45, 2.75) is 18.8 Å². The van der Waals surface area contributed by atoms with Crippen LogP contribution in [-0.2, 0) is 4.79 Å². The molecule has 0 saturated heterocycles. The Hall–Kier alpha value is -0.0600. The van der Waals surface area contributed by atoms with Gasteiger partial charge in [0.15, 0.2) is 15.8 Å². The Morgan fingerprint density at radius 2 is 1.92 bits per heavy atom. The number of hydrogen-bond donors (Lipinski definition) is 0. The minimum absolute atomic E-state index is 0.0754. The SMILES string of the molecule is CCCSC1N=C(Cl)C(=O)C(Cl)=N1. The highest BCUT2D eigenvalue weighted by atomic mass is 35.5. The lowest BCUT2D eigenvalue weighted by molar-refractivity contribution is -0.107. The number of carbonyl (C=O) groups is 1. The lowest BCUT2D eigenvalue weighted by Crippen LogP contribution is -2.23. The number of ketones is 1. The van der Waals surface area contributed by atoms with Gasteiger partial charge in [0, 0.05) is 0 Å². The predicted octanol–water partition coefficient (Wildman–Crippen LogP) is 2.27. The number of halogens is 2. The van der Waals surface area contributed by atoms with Gasteiger partial charge in [-0.3, -0.25) is 4.79 Å². The fourth-order valence-corrected chi connectivity index (χ4v) is 2.06. The third-order valence-corrected chi connectivity index (χ3v) is 2.98. The molecule has 0 aromatic carbocycles. The summed E-state index contributed by atoms with van der Waals surface area (Å²) in [7, 11) is 0. The van der Waals surface area contributed by atoms with E-state index >= 15 is 0 Å². The maximum absolute atomic E-state index is 11.0. The van der Waals surface area contributed by atoms with Crippen LogP contribution in [0.15, 0.2) is 9.98 Å². The van der Waals surface area contributed by atoms with Gasteiger partial charge >= 0.3 is 0 Å². The van der Waals surface area contributed by atoms with Crippen molar-refractivity contribution >= 4 is 51.1 Å². The molecule has 0 fully saturated rings. The normalized spacial score (nSPS) is 18.5. The maximum Gasteiger partial charge on any atom is 0.252 e. The number of nitrogens with zero attached hydrogens (tertiary/aromatic N) is 2. The first kappa shape index (κ1) is 11.0. The van der Waals surface area contributed by atoms with Crippen LogP contribution in [0.5, 0.6) is 0 Å². The summed E-state index contributed by atoms with van der Waals surface area (Å²) in [5.74, 6) is 0.428. The van der Waals surface area contributed by atoms with Gasteiger partial charge in [0.25, 0.3) is 5.78 Å². The predicted molar refractivity (Wildman–Crippen MR) is 58.1 cm³/mol. The molecule has 0 bridgehead atoms. The molecule has 6 heteroatoms. The smallest absolute Gasteiger partial charge is 0.252 e. The van der Waals surface area contributed by atoms with Crippen LogP contribution >= 0.6 is 35.0 Å². The summed E-state index contributed by atoms with van der Waals surface area (Å²) in [4.78, 5) is 18.8. The van der Waals surface area contributed by atoms with Crippen LogP contribution in [0, 0.1) is 0 Å². The summed E-state index contributed by atoms with van der Waals surface area (Å²) < 4.78 is 0. The first-order valence-electron chi connectivity index (χ1n) is 3.78. The molecular formula is C7H8Cl2N2OS. The fourth-order valence-electron chi connectivity index (χ4n) is 0.723. The van der Waals surface area contributed by atoms with Crippen molar-refractivity contribution in [2.24, 2.45) is 9.98 Å². The Morgan fingerprint density at radius 1 is 1.38 bits per heavy atom. The molecule has 0 spiro atoms. The molecule has 0 unspecified atom stereocenters. The third-order valence-electron chi connectivity index (χ3n) is 1.29. The van der Waals surface area contributed by atoms with E-state index in [-0.39, 0.29) is 15.8 Å². The summed E-state index contributed by atoms with van der Waals surface area (Å²) in [6, 6.07) is 0. The molecule has 0 radical (unpaired) electrons. The van der Waals surface area contributed by atoms with Gasteiger partial charge in [0.05, 0.1) is 0 Å². The molecule has 13 heavy (non-hydrogen) atoms. The minimum atomic E-state index is -0.489. The summed E-state index contributed by atoms with van der Waals surface area (Å²) in [6.07, 6.45) is 1.02. The summed E-state index contributed by atoms with van der Waals surface area (Å²) in [5.41, 5.74) is -0.349. The lowest BCUT2D eigenvalue weighted by atomic mass is 10.4. The molecular weight excluding hydrogens is 231 g/mol. The van der Waals surface area contributed by atoms with Crippen LogP contribution < -0.4 is 0 Å². The summed E-state index contributed by atoms with van der Waals surface area (Å²) in [6.45, 7) is 2.05. The van der Waals surface area contributed by atoms with E-state index in [9.17, 15) is 4.79 Å². The topological polar surface area (TPSA) is 41.8 Å². The van der Waals surface area contributed by atoms with E-state index in [1.807, 2.05) is 0 Å². The van der Waals surface area contributed by atoms with Crippen molar-refractivity contribution < 1.29 is 4.79 Å². The quantitative estimate of drug-likeness (QED) is 0.758. The van der Waals surface area contributed by atoms with Gasteiger partial charge < -0.3 is 0 Å². The number of thioether (sulfide) groups is 1. The van der Waals surface area contributed by atoms with Crippen molar-refractivity contribution in [2.75, 3.05) is 5.75 Å². The highest BCUT2D eigenvalue weighted by Gasteiger charge is 2.22. The van der Waals surface area contributed by atoms with E-state index in [1.165, 1.54) is 11.8 Å². The van der Waals surface area contributed by atoms with Gasteiger partial charge in [-0.15, -0.1) is 11.8 Å². The van der Waals surface area contributed by atoms with Crippen molar-refractivity contribution in [3.8, 4) is 0 Å². The van der Waals surface area contributed by atoms with Crippen LogP contribution in [0.2, 0.25) is 0 Å². The molecule has 0 saturated carbocycles. The van der Waals surface area contributed by atoms with Crippen LogP contribution in [-0.4, -0.2) is 27.4 Å². The number of hydrogen-bond acceptors (Lipinski definition) is 4. The molecule has 72 valence electrons. The zero-order valence-corrected chi connectivity index (χ0v) is 9.29. The molecule has 0 aromatic heterocycles. The maximum atomic E-state index is 11.0. The van der Waals surface area contributed by atoms with E-state index in [0.29, 0.717) is 0 Å². The Morgan fingerprint density at radius 3 is 2.38 bits per heavy atom. The van der Waals surface area contributed by atoms with Gasteiger partial charge in [-0.25, -0.2) is 9.98 Å². The molecule has 0 atom stereocenters. The van der Waals surface area contributed by atoms with E-state index in [4.69, 9.17) is 23.2 Å². The van der Waals surface area contributed by atoms with E-state index in [2.05, 4.69) is 16.9 Å². The second-order valence-electron chi connectivity index (χ2n) is 2.37. The van der Waals surface area contributed by atoms with Gasteiger partial charge in [-0.2, -0.15) is 0 Å². The second-order valence-corrected chi connectivity index (χ2v) is 4.25. The Kier molecular flexibility index (Phi) is 4.22. The van der Waals surface area contributed by atoms with Gasteiger partial charge in [-0.05, 0) is 12.2 Å². The van der Waals surface area contributed by atoms with Crippen molar-refractivity contribution in [3.63, 3.8) is 0 Å². The Balaban J connectivity index is 2.64. The largest absolute Gasteiger partial charge is 0.283 e. The van der Waals surface area contributed by atoms with Crippen LogP contribution in [0.4, 0.5) is 0 Å². The number of carbonyl (C=O) groups excluding carboxylic acids is 1. The number of rotatable bonds is 3. The fraction of sp³-hybridized carbons (Fsp3) is 0.571. The van der Waals surface area contributed by atoms with Gasteiger partial charge in [-0.1, -0.05) is 30.1 Å². The van der Waals surface area contributed by atoms with E-state index in [0.717, 1.165) is 12.2 Å². The molecule has 1 heterocycles. The first-order valence-corrected chi connectivity index (χ1v) is 5.58. The molecule has 0 N–H and O–H groups in total. The first-order chi connectivity index (χ1) is 6.15. The highest BCUT2D eigenvalue weighted by Crippen LogP contribution is 2.20. The lowest BCUT2D eigenvalue weighted by Gasteiger charge is -2.11. The van der Waals surface area contributed by atoms with E-state index < -0.39 is 5.78 Å². The Labute approximate surface area is 90.6 Å². The average Bonchev–Trinajstić information content (AvgIpc) is 2.10. The average molecular weight is 239 g/mol. The molecule has 1 aliphatic rings.